The highest BCUT2D eigenvalue weighted by molar-refractivity contribution is 5.87. The van der Waals surface area contributed by atoms with E-state index in [-0.39, 0.29) is 12.4 Å². The van der Waals surface area contributed by atoms with E-state index < -0.39 is 17.9 Å². The van der Waals surface area contributed by atoms with Crippen molar-refractivity contribution in [2.24, 2.45) is 11.7 Å². The van der Waals surface area contributed by atoms with Crippen molar-refractivity contribution in [1.29, 1.82) is 0 Å². The zero-order valence-electron chi connectivity index (χ0n) is 10.8. The summed E-state index contributed by atoms with van der Waals surface area (Å²) in [4.78, 5) is 23.2. The largest absolute Gasteiger partial charge is 0.465 e. The maximum Gasteiger partial charge on any atom is 0.323 e. The van der Waals surface area contributed by atoms with Gasteiger partial charge in [-0.15, -0.1) is 0 Å². The van der Waals surface area contributed by atoms with Crippen molar-refractivity contribution in [2.45, 2.75) is 26.3 Å². The van der Waals surface area contributed by atoms with Crippen LogP contribution in [0.3, 0.4) is 0 Å². The van der Waals surface area contributed by atoms with Crippen molar-refractivity contribution < 1.29 is 14.3 Å². The van der Waals surface area contributed by atoms with Gasteiger partial charge in [-0.25, -0.2) is 0 Å². The Morgan fingerprint density at radius 3 is 2.39 bits per heavy atom. The first kappa shape index (κ1) is 14.4. The fraction of sp³-hybridized carbons (Fsp3) is 0.429. The first-order valence-corrected chi connectivity index (χ1v) is 6.02. The normalized spacial score (nSPS) is 13.7. The topological polar surface area (TPSA) is 69.4 Å². The molecule has 0 amide bonds. The first-order chi connectivity index (χ1) is 8.56. The molecular weight excluding hydrogens is 230 g/mol. The fourth-order valence-corrected chi connectivity index (χ4v) is 1.79. The van der Waals surface area contributed by atoms with Crippen LogP contribution in [-0.4, -0.2) is 24.4 Å². The maximum absolute atomic E-state index is 11.6. The molecule has 0 radical (unpaired) electrons. The quantitative estimate of drug-likeness (QED) is 0.772. The molecule has 2 N–H and O–H groups in total. The summed E-state index contributed by atoms with van der Waals surface area (Å²) in [5.74, 6) is -1.15. The Labute approximate surface area is 107 Å². The predicted octanol–water partition coefficient (Wildman–Crippen LogP) is 1.32. The predicted molar refractivity (Wildman–Crippen MR) is 68.9 cm³/mol. The van der Waals surface area contributed by atoms with Crippen LogP contribution in [0, 0.1) is 5.92 Å². The van der Waals surface area contributed by atoms with Crippen LogP contribution >= 0.6 is 0 Å². The number of hydrogen-bond donors (Lipinski definition) is 1. The van der Waals surface area contributed by atoms with E-state index in [1.165, 1.54) is 6.92 Å². The van der Waals surface area contributed by atoms with Gasteiger partial charge in [0.15, 0.2) is 0 Å². The monoisotopic (exact) mass is 249 g/mol. The Morgan fingerprint density at radius 1 is 1.28 bits per heavy atom. The molecule has 2 atom stereocenters. The van der Waals surface area contributed by atoms with Crippen molar-refractivity contribution in [1.82, 2.24) is 0 Å². The summed E-state index contributed by atoms with van der Waals surface area (Å²) in [6, 6.07) is 8.60. The summed E-state index contributed by atoms with van der Waals surface area (Å²) in [6.45, 7) is 3.43. The van der Waals surface area contributed by atoms with E-state index in [4.69, 9.17) is 10.5 Å². The van der Waals surface area contributed by atoms with Gasteiger partial charge in [0.25, 0.3) is 0 Å². The smallest absolute Gasteiger partial charge is 0.323 e. The molecule has 1 rings (SSSR count). The average molecular weight is 249 g/mol. The van der Waals surface area contributed by atoms with Gasteiger partial charge in [0.1, 0.15) is 11.8 Å². The molecular formula is C14H19NO3. The number of benzene rings is 1. The molecule has 0 unspecified atom stereocenters. The van der Waals surface area contributed by atoms with E-state index in [1.54, 1.807) is 6.92 Å². The second kappa shape index (κ2) is 6.91. The molecule has 0 saturated carbocycles. The first-order valence-electron chi connectivity index (χ1n) is 6.02. The number of Topliss-reactive ketones (excluding diaryl/α,β-unsaturated/α-hetero) is 1. The van der Waals surface area contributed by atoms with Gasteiger partial charge in [-0.05, 0) is 25.8 Å². The summed E-state index contributed by atoms with van der Waals surface area (Å²) in [5, 5.41) is 0. The summed E-state index contributed by atoms with van der Waals surface area (Å²) < 4.78 is 4.86. The molecule has 4 nitrogen and oxygen atoms in total. The molecule has 0 saturated heterocycles. The van der Waals surface area contributed by atoms with Crippen molar-refractivity contribution in [2.75, 3.05) is 6.61 Å². The lowest BCUT2D eigenvalue weighted by Crippen LogP contribution is -2.43. The Bertz CT molecular complexity index is 403. The van der Waals surface area contributed by atoms with Crippen LogP contribution in [0.15, 0.2) is 30.3 Å². The van der Waals surface area contributed by atoms with Crippen LogP contribution in [0.4, 0.5) is 0 Å². The van der Waals surface area contributed by atoms with Gasteiger partial charge >= 0.3 is 5.97 Å². The van der Waals surface area contributed by atoms with Crippen LogP contribution in [0.25, 0.3) is 0 Å². The van der Waals surface area contributed by atoms with Crippen LogP contribution in [0.5, 0.6) is 0 Å². The summed E-state index contributed by atoms with van der Waals surface area (Å²) in [7, 11) is 0. The number of carbonyl (C=O) groups excluding carboxylic acids is 2. The summed E-state index contributed by atoms with van der Waals surface area (Å²) in [6.07, 6.45) is 0.455. The van der Waals surface area contributed by atoms with Gasteiger partial charge in [0.2, 0.25) is 0 Å². The molecule has 0 heterocycles. The number of carbonyl (C=O) groups is 2. The Morgan fingerprint density at radius 2 is 1.89 bits per heavy atom. The Hall–Kier alpha value is -1.68. The van der Waals surface area contributed by atoms with Crippen LogP contribution in [-0.2, 0) is 20.7 Å². The number of hydrogen-bond acceptors (Lipinski definition) is 4. The number of rotatable bonds is 6. The molecule has 1 aromatic rings. The van der Waals surface area contributed by atoms with Gasteiger partial charge in [0.05, 0.1) is 6.61 Å². The van der Waals surface area contributed by atoms with E-state index in [0.29, 0.717) is 6.42 Å². The second-order valence-electron chi connectivity index (χ2n) is 4.18. The zero-order chi connectivity index (χ0) is 13.5. The number of esters is 1. The zero-order valence-corrected chi connectivity index (χ0v) is 10.8. The lowest BCUT2D eigenvalue weighted by molar-refractivity contribution is -0.147. The lowest BCUT2D eigenvalue weighted by atomic mass is 9.89. The minimum Gasteiger partial charge on any atom is -0.465 e. The molecule has 0 aliphatic carbocycles. The Kier molecular flexibility index (Phi) is 5.52. The third kappa shape index (κ3) is 3.96. The molecule has 0 aromatic heterocycles. The average Bonchev–Trinajstić information content (AvgIpc) is 2.36. The highest BCUT2D eigenvalue weighted by Gasteiger charge is 2.29. The molecule has 0 aliphatic heterocycles. The van der Waals surface area contributed by atoms with Crippen LogP contribution in [0.2, 0.25) is 0 Å². The standard InChI is InChI=1S/C14H19NO3/c1-3-18-14(17)13(15)12(10(2)16)9-11-7-5-4-6-8-11/h4-8,12-13H,3,9,15H2,1-2H3/t12-,13+/m1/s1. The van der Waals surface area contributed by atoms with E-state index in [9.17, 15) is 9.59 Å². The van der Waals surface area contributed by atoms with Gasteiger partial charge < -0.3 is 10.5 Å². The fourth-order valence-electron chi connectivity index (χ4n) is 1.79. The van der Waals surface area contributed by atoms with Gasteiger partial charge in [-0.1, -0.05) is 30.3 Å². The molecule has 0 bridgehead atoms. The summed E-state index contributed by atoms with van der Waals surface area (Å²) in [5.41, 5.74) is 6.78. The van der Waals surface area contributed by atoms with Crippen molar-refractivity contribution in [3.63, 3.8) is 0 Å². The van der Waals surface area contributed by atoms with E-state index in [0.717, 1.165) is 5.56 Å². The van der Waals surface area contributed by atoms with Crippen molar-refractivity contribution in [3.8, 4) is 0 Å². The molecule has 0 fully saturated rings. The van der Waals surface area contributed by atoms with Crippen LogP contribution in [0.1, 0.15) is 19.4 Å². The van der Waals surface area contributed by atoms with Gasteiger partial charge in [-0.2, -0.15) is 0 Å². The molecule has 0 aliphatic rings. The molecule has 98 valence electrons. The molecule has 18 heavy (non-hydrogen) atoms. The van der Waals surface area contributed by atoms with E-state index in [1.807, 2.05) is 30.3 Å². The van der Waals surface area contributed by atoms with Crippen molar-refractivity contribution in [3.05, 3.63) is 35.9 Å². The third-order valence-corrected chi connectivity index (χ3v) is 2.81. The number of nitrogens with two attached hydrogens (primary N) is 1. The maximum atomic E-state index is 11.6. The number of ether oxygens (including phenoxy) is 1. The SMILES string of the molecule is CCOC(=O)[C@@H](N)[C@H](Cc1ccccc1)C(C)=O. The second-order valence-corrected chi connectivity index (χ2v) is 4.18. The van der Waals surface area contributed by atoms with E-state index >= 15 is 0 Å². The lowest BCUT2D eigenvalue weighted by Gasteiger charge is -2.20. The molecule has 0 spiro atoms. The van der Waals surface area contributed by atoms with E-state index in [2.05, 4.69) is 0 Å². The molecule has 4 heteroatoms. The summed E-state index contributed by atoms with van der Waals surface area (Å²) >= 11 is 0. The minimum atomic E-state index is -0.900. The van der Waals surface area contributed by atoms with Gasteiger partial charge in [0, 0.05) is 5.92 Å². The van der Waals surface area contributed by atoms with Gasteiger partial charge in [-0.3, -0.25) is 9.59 Å². The number of ketones is 1. The van der Waals surface area contributed by atoms with Crippen molar-refractivity contribution >= 4 is 11.8 Å². The highest BCUT2D eigenvalue weighted by atomic mass is 16.5. The third-order valence-electron chi connectivity index (χ3n) is 2.81. The van der Waals surface area contributed by atoms with Crippen LogP contribution < -0.4 is 5.73 Å². The minimum absolute atomic E-state index is 0.0978. The highest BCUT2D eigenvalue weighted by Crippen LogP contribution is 2.14. The Balaban J connectivity index is 2.77. The molecule has 1 aromatic carbocycles.